The first kappa shape index (κ1) is 18.1. The van der Waals surface area contributed by atoms with Gasteiger partial charge in [0.05, 0.1) is 12.2 Å². The summed E-state index contributed by atoms with van der Waals surface area (Å²) in [5.74, 6) is -0.457. The molecule has 5 nitrogen and oxygen atoms in total. The molecule has 136 valence electrons. The molecule has 26 heavy (non-hydrogen) atoms. The Balaban J connectivity index is 1.69. The van der Waals surface area contributed by atoms with Crippen LogP contribution in [-0.4, -0.2) is 16.8 Å². The highest BCUT2D eigenvalue weighted by atomic mass is 16.2. The summed E-state index contributed by atoms with van der Waals surface area (Å²) in [5.41, 5.74) is 1.55. The van der Waals surface area contributed by atoms with Crippen molar-refractivity contribution in [2.24, 2.45) is 5.41 Å². The average Bonchev–Trinajstić information content (AvgIpc) is 3.42. The van der Waals surface area contributed by atoms with E-state index in [1.807, 2.05) is 42.5 Å². The van der Waals surface area contributed by atoms with Crippen LogP contribution in [0.4, 0.5) is 5.69 Å². The van der Waals surface area contributed by atoms with Crippen molar-refractivity contribution in [2.45, 2.75) is 45.6 Å². The van der Waals surface area contributed by atoms with Crippen LogP contribution in [-0.2, 0) is 21.5 Å². The molecule has 0 atom stereocenters. The Morgan fingerprint density at radius 2 is 1.73 bits per heavy atom. The lowest BCUT2D eigenvalue weighted by atomic mass is 9.85. The number of aromatic nitrogens is 1. The number of carbonyl (C=O) groups is 2. The van der Waals surface area contributed by atoms with Crippen LogP contribution >= 0.6 is 0 Å². The summed E-state index contributed by atoms with van der Waals surface area (Å²) in [4.78, 5) is 29.6. The second kappa shape index (κ2) is 6.90. The highest BCUT2D eigenvalue weighted by Crippen LogP contribution is 2.47. The number of rotatable bonds is 5. The first-order valence-electron chi connectivity index (χ1n) is 8.92. The van der Waals surface area contributed by atoms with Crippen molar-refractivity contribution in [3.05, 3.63) is 59.9 Å². The van der Waals surface area contributed by atoms with E-state index in [-0.39, 0.29) is 17.2 Å². The Labute approximate surface area is 154 Å². The highest BCUT2D eigenvalue weighted by molar-refractivity contribution is 6.13. The van der Waals surface area contributed by atoms with Crippen molar-refractivity contribution < 1.29 is 9.59 Å². The monoisotopic (exact) mass is 351 g/mol. The maximum Gasteiger partial charge on any atom is 0.240 e. The molecular formula is C21H25N3O2. The number of hydrogen-bond acceptors (Lipinski definition) is 3. The number of benzene rings is 1. The Morgan fingerprint density at radius 3 is 2.35 bits per heavy atom. The lowest BCUT2D eigenvalue weighted by Crippen LogP contribution is -2.40. The van der Waals surface area contributed by atoms with Gasteiger partial charge in [-0.25, -0.2) is 0 Å². The topological polar surface area (TPSA) is 71.1 Å². The fourth-order valence-corrected chi connectivity index (χ4v) is 3.01. The van der Waals surface area contributed by atoms with Crippen LogP contribution in [0.5, 0.6) is 0 Å². The molecule has 1 aromatic carbocycles. The van der Waals surface area contributed by atoms with Gasteiger partial charge >= 0.3 is 0 Å². The van der Waals surface area contributed by atoms with E-state index in [0.717, 1.165) is 16.9 Å². The van der Waals surface area contributed by atoms with Crippen molar-refractivity contribution in [1.29, 1.82) is 0 Å². The summed E-state index contributed by atoms with van der Waals surface area (Å²) >= 11 is 0. The maximum absolute atomic E-state index is 12.8. The second-order valence-electron chi connectivity index (χ2n) is 7.84. The van der Waals surface area contributed by atoms with Crippen molar-refractivity contribution in [1.82, 2.24) is 10.3 Å². The van der Waals surface area contributed by atoms with Gasteiger partial charge in [-0.15, -0.1) is 0 Å². The molecule has 5 heteroatoms. The van der Waals surface area contributed by atoms with Gasteiger partial charge in [0.15, 0.2) is 0 Å². The molecule has 0 unspecified atom stereocenters. The molecule has 1 saturated carbocycles. The fraction of sp³-hybridized carbons (Fsp3) is 0.381. The summed E-state index contributed by atoms with van der Waals surface area (Å²) in [6.07, 6.45) is 2.83. The van der Waals surface area contributed by atoms with Gasteiger partial charge < -0.3 is 10.6 Å². The van der Waals surface area contributed by atoms with Gasteiger partial charge in [0.1, 0.15) is 5.41 Å². The Bertz CT molecular complexity index is 806. The molecule has 0 saturated heterocycles. The molecular weight excluding hydrogens is 326 g/mol. The third-order valence-electron chi connectivity index (χ3n) is 4.76. The minimum atomic E-state index is -0.959. The molecule has 1 fully saturated rings. The molecule has 1 aliphatic rings. The van der Waals surface area contributed by atoms with E-state index in [4.69, 9.17) is 0 Å². The molecule has 2 N–H and O–H groups in total. The number of pyridine rings is 1. The zero-order chi connectivity index (χ0) is 18.8. The smallest absolute Gasteiger partial charge is 0.240 e. The quantitative estimate of drug-likeness (QED) is 0.811. The zero-order valence-electron chi connectivity index (χ0n) is 15.5. The van der Waals surface area contributed by atoms with Crippen LogP contribution in [0.3, 0.4) is 0 Å². The van der Waals surface area contributed by atoms with Crippen molar-refractivity contribution >= 4 is 17.5 Å². The molecule has 1 heterocycles. The first-order valence-corrected chi connectivity index (χ1v) is 8.92. The highest BCUT2D eigenvalue weighted by Gasteiger charge is 2.56. The normalized spacial score (nSPS) is 15.2. The Kier molecular flexibility index (Phi) is 4.81. The molecule has 2 aromatic rings. The third kappa shape index (κ3) is 3.77. The standard InChI is InChI=1S/C21H25N3O2/c1-20(2,3)16-9-4-5-10-17(16)24-19(26)21(11-12-21)18(25)23-14-15-8-6-7-13-22-15/h4-10,13H,11-12,14H2,1-3H3,(H,23,25)(H,24,26). The summed E-state index contributed by atoms with van der Waals surface area (Å²) in [6, 6.07) is 13.3. The van der Waals surface area contributed by atoms with Crippen molar-refractivity contribution in [2.75, 3.05) is 5.32 Å². The van der Waals surface area contributed by atoms with Gasteiger partial charge in [0.25, 0.3) is 0 Å². The van der Waals surface area contributed by atoms with Crippen LogP contribution < -0.4 is 10.6 Å². The second-order valence-corrected chi connectivity index (χ2v) is 7.84. The maximum atomic E-state index is 12.8. The Hall–Kier alpha value is -2.69. The summed E-state index contributed by atoms with van der Waals surface area (Å²) in [5, 5.41) is 5.83. The van der Waals surface area contributed by atoms with Crippen LogP contribution in [0.25, 0.3) is 0 Å². The Morgan fingerprint density at radius 1 is 1.04 bits per heavy atom. The molecule has 0 radical (unpaired) electrons. The molecule has 2 amide bonds. The van der Waals surface area contributed by atoms with Crippen molar-refractivity contribution in [3.8, 4) is 0 Å². The van der Waals surface area contributed by atoms with Gasteiger partial charge in [0.2, 0.25) is 11.8 Å². The predicted octanol–water partition coefficient (Wildman–Crippen LogP) is 3.41. The fourth-order valence-electron chi connectivity index (χ4n) is 3.01. The van der Waals surface area contributed by atoms with Gasteiger partial charge in [-0.3, -0.25) is 14.6 Å². The van der Waals surface area contributed by atoms with Crippen LogP contribution in [0.2, 0.25) is 0 Å². The lowest BCUT2D eigenvalue weighted by molar-refractivity contribution is -0.134. The van der Waals surface area contributed by atoms with E-state index < -0.39 is 5.41 Å². The summed E-state index contributed by atoms with van der Waals surface area (Å²) in [6.45, 7) is 6.63. The minimum Gasteiger partial charge on any atom is -0.350 e. The van der Waals surface area contributed by atoms with E-state index in [9.17, 15) is 9.59 Å². The molecule has 3 rings (SSSR count). The average molecular weight is 351 g/mol. The van der Waals surface area contributed by atoms with Gasteiger partial charge in [0, 0.05) is 11.9 Å². The summed E-state index contributed by atoms with van der Waals surface area (Å²) in [7, 11) is 0. The van der Waals surface area contributed by atoms with E-state index in [2.05, 4.69) is 36.4 Å². The van der Waals surface area contributed by atoms with Crippen LogP contribution in [0.15, 0.2) is 48.7 Å². The van der Waals surface area contributed by atoms with E-state index in [1.54, 1.807) is 6.20 Å². The van der Waals surface area contributed by atoms with E-state index in [1.165, 1.54) is 0 Å². The molecule has 0 spiro atoms. The number of hydrogen-bond donors (Lipinski definition) is 2. The third-order valence-corrected chi connectivity index (χ3v) is 4.76. The number of nitrogens with one attached hydrogen (secondary N) is 2. The largest absolute Gasteiger partial charge is 0.350 e. The zero-order valence-corrected chi connectivity index (χ0v) is 15.5. The lowest BCUT2D eigenvalue weighted by Gasteiger charge is -2.24. The summed E-state index contributed by atoms with van der Waals surface area (Å²) < 4.78 is 0. The first-order chi connectivity index (χ1) is 12.3. The van der Waals surface area contributed by atoms with E-state index >= 15 is 0 Å². The SMILES string of the molecule is CC(C)(C)c1ccccc1NC(=O)C1(C(=O)NCc2ccccn2)CC1. The number of amides is 2. The molecule has 0 bridgehead atoms. The molecule has 1 aliphatic carbocycles. The van der Waals surface area contributed by atoms with Gasteiger partial charge in [-0.2, -0.15) is 0 Å². The van der Waals surface area contributed by atoms with Gasteiger partial charge in [-0.05, 0) is 42.0 Å². The molecule has 0 aliphatic heterocycles. The number of para-hydroxylation sites is 1. The minimum absolute atomic E-state index is 0.0954. The number of carbonyl (C=O) groups excluding carboxylic acids is 2. The molecule has 1 aromatic heterocycles. The van der Waals surface area contributed by atoms with Crippen molar-refractivity contribution in [3.63, 3.8) is 0 Å². The predicted molar refractivity (Wildman–Crippen MR) is 102 cm³/mol. The van der Waals surface area contributed by atoms with E-state index in [0.29, 0.717) is 19.4 Å². The van der Waals surface area contributed by atoms with Crippen LogP contribution in [0.1, 0.15) is 44.9 Å². The van der Waals surface area contributed by atoms with Gasteiger partial charge in [-0.1, -0.05) is 45.0 Å². The number of anilines is 1. The van der Waals surface area contributed by atoms with Crippen LogP contribution in [0, 0.1) is 5.41 Å². The number of nitrogens with zero attached hydrogens (tertiary/aromatic N) is 1.